The molecule has 2 amide bonds. The molecule has 120 valence electrons. The van der Waals surface area contributed by atoms with Crippen LogP contribution in [0.15, 0.2) is 48.5 Å². The number of urea groups is 1. The Morgan fingerprint density at radius 2 is 1.78 bits per heavy atom. The van der Waals surface area contributed by atoms with E-state index in [-0.39, 0.29) is 11.8 Å². The normalized spacial score (nSPS) is 14.7. The Balaban J connectivity index is 1.57. The van der Waals surface area contributed by atoms with Crippen LogP contribution in [0.5, 0.6) is 5.75 Å². The van der Waals surface area contributed by atoms with Crippen LogP contribution in [0.3, 0.4) is 0 Å². The van der Waals surface area contributed by atoms with E-state index in [0.717, 1.165) is 30.0 Å². The monoisotopic (exact) mass is 311 g/mol. The molecule has 3 rings (SSSR count). The number of phenolic OH excluding ortho intramolecular Hbond substituents is 1. The fourth-order valence-electron chi connectivity index (χ4n) is 2.78. The number of hydrogen-bond acceptors (Lipinski definition) is 3. The highest BCUT2D eigenvalue weighted by atomic mass is 16.3. The standard InChI is InChI=1S/C18H21N3O2/c1-14-4-2-5-15(12-14)19-18(23)21-10-8-20(9-11-21)16-6-3-7-17(22)13-16/h2-7,12-13,22H,8-11H2,1H3,(H,19,23). The summed E-state index contributed by atoms with van der Waals surface area (Å²) < 4.78 is 0. The second-order valence-electron chi connectivity index (χ2n) is 5.79. The number of nitrogens with zero attached hydrogens (tertiary/aromatic N) is 2. The van der Waals surface area contributed by atoms with E-state index < -0.39 is 0 Å². The topological polar surface area (TPSA) is 55.8 Å². The van der Waals surface area contributed by atoms with E-state index in [1.807, 2.05) is 48.2 Å². The van der Waals surface area contributed by atoms with E-state index in [1.165, 1.54) is 0 Å². The first-order valence-electron chi connectivity index (χ1n) is 7.78. The lowest BCUT2D eigenvalue weighted by atomic mass is 10.2. The van der Waals surface area contributed by atoms with Crippen molar-refractivity contribution in [2.45, 2.75) is 6.92 Å². The van der Waals surface area contributed by atoms with E-state index >= 15 is 0 Å². The molecule has 0 unspecified atom stereocenters. The summed E-state index contributed by atoms with van der Waals surface area (Å²) >= 11 is 0. The van der Waals surface area contributed by atoms with Crippen molar-refractivity contribution < 1.29 is 9.90 Å². The number of phenols is 1. The van der Waals surface area contributed by atoms with Crippen LogP contribution in [0.25, 0.3) is 0 Å². The Morgan fingerprint density at radius 3 is 2.48 bits per heavy atom. The van der Waals surface area contributed by atoms with Crippen molar-refractivity contribution in [1.29, 1.82) is 0 Å². The van der Waals surface area contributed by atoms with Crippen molar-refractivity contribution in [3.05, 3.63) is 54.1 Å². The maximum Gasteiger partial charge on any atom is 0.321 e. The average molecular weight is 311 g/mol. The number of aromatic hydroxyl groups is 1. The number of carbonyl (C=O) groups excluding carboxylic acids is 1. The van der Waals surface area contributed by atoms with Crippen LogP contribution in [0.2, 0.25) is 0 Å². The van der Waals surface area contributed by atoms with Gasteiger partial charge < -0.3 is 20.2 Å². The molecule has 5 heteroatoms. The number of anilines is 2. The van der Waals surface area contributed by atoms with Crippen LogP contribution in [-0.4, -0.2) is 42.2 Å². The van der Waals surface area contributed by atoms with Gasteiger partial charge in [-0.1, -0.05) is 18.2 Å². The first-order valence-corrected chi connectivity index (χ1v) is 7.78. The van der Waals surface area contributed by atoms with Gasteiger partial charge in [0.05, 0.1) is 0 Å². The van der Waals surface area contributed by atoms with E-state index in [0.29, 0.717) is 13.1 Å². The third-order valence-electron chi connectivity index (χ3n) is 4.03. The molecule has 1 aliphatic rings. The summed E-state index contributed by atoms with van der Waals surface area (Å²) in [7, 11) is 0. The lowest BCUT2D eigenvalue weighted by Crippen LogP contribution is -2.50. The molecule has 0 spiro atoms. The zero-order valence-corrected chi connectivity index (χ0v) is 13.2. The Morgan fingerprint density at radius 1 is 1.04 bits per heavy atom. The van der Waals surface area contributed by atoms with E-state index in [1.54, 1.807) is 12.1 Å². The summed E-state index contributed by atoms with van der Waals surface area (Å²) in [6, 6.07) is 15.0. The maximum atomic E-state index is 12.3. The van der Waals surface area contributed by atoms with Crippen LogP contribution < -0.4 is 10.2 Å². The highest BCUT2D eigenvalue weighted by Gasteiger charge is 2.21. The molecule has 0 aliphatic carbocycles. The van der Waals surface area contributed by atoms with Gasteiger partial charge in [-0.3, -0.25) is 0 Å². The number of rotatable bonds is 2. The zero-order chi connectivity index (χ0) is 16.2. The molecule has 2 aromatic rings. The molecule has 0 atom stereocenters. The number of nitrogens with one attached hydrogen (secondary N) is 1. The van der Waals surface area contributed by atoms with Crippen LogP contribution in [0.4, 0.5) is 16.2 Å². The minimum atomic E-state index is -0.0637. The molecule has 5 nitrogen and oxygen atoms in total. The van der Waals surface area contributed by atoms with Gasteiger partial charge in [0, 0.05) is 43.6 Å². The predicted octanol–water partition coefficient (Wildman–Crippen LogP) is 3.05. The summed E-state index contributed by atoms with van der Waals surface area (Å²) in [6.45, 7) is 4.83. The number of carbonyl (C=O) groups is 1. The summed E-state index contributed by atoms with van der Waals surface area (Å²) in [4.78, 5) is 16.3. The molecule has 2 N–H and O–H groups in total. The molecule has 2 aromatic carbocycles. The Hall–Kier alpha value is -2.69. The minimum Gasteiger partial charge on any atom is -0.508 e. The Kier molecular flexibility index (Phi) is 4.37. The Bertz CT molecular complexity index is 694. The first-order chi connectivity index (χ1) is 11.1. The lowest BCUT2D eigenvalue weighted by molar-refractivity contribution is 0.208. The zero-order valence-electron chi connectivity index (χ0n) is 13.2. The van der Waals surface area contributed by atoms with Crippen molar-refractivity contribution in [1.82, 2.24) is 4.90 Å². The molecule has 1 saturated heterocycles. The van der Waals surface area contributed by atoms with Crippen LogP contribution >= 0.6 is 0 Å². The van der Waals surface area contributed by atoms with Gasteiger partial charge in [-0.25, -0.2) is 4.79 Å². The summed E-state index contributed by atoms with van der Waals surface area (Å²) in [5.74, 6) is 0.266. The van der Waals surface area contributed by atoms with Crippen molar-refractivity contribution in [2.75, 3.05) is 36.4 Å². The molecule has 1 aliphatic heterocycles. The van der Waals surface area contributed by atoms with Gasteiger partial charge in [-0.05, 0) is 36.8 Å². The van der Waals surface area contributed by atoms with Crippen molar-refractivity contribution >= 4 is 17.4 Å². The number of piperazine rings is 1. The van der Waals surface area contributed by atoms with Gasteiger partial charge >= 0.3 is 6.03 Å². The molecule has 1 fully saturated rings. The molecular formula is C18H21N3O2. The molecule has 0 saturated carbocycles. The first kappa shape index (κ1) is 15.2. The third-order valence-corrected chi connectivity index (χ3v) is 4.03. The molecule has 0 bridgehead atoms. The Labute approximate surface area is 136 Å². The number of amides is 2. The molecule has 1 heterocycles. The maximum absolute atomic E-state index is 12.3. The quantitative estimate of drug-likeness (QED) is 0.896. The van der Waals surface area contributed by atoms with E-state index in [9.17, 15) is 9.90 Å². The lowest BCUT2D eigenvalue weighted by Gasteiger charge is -2.36. The molecule has 23 heavy (non-hydrogen) atoms. The van der Waals surface area contributed by atoms with Crippen LogP contribution in [0, 0.1) is 6.92 Å². The van der Waals surface area contributed by atoms with Gasteiger partial charge in [-0.15, -0.1) is 0 Å². The predicted molar refractivity (Wildman–Crippen MR) is 92.1 cm³/mol. The highest BCUT2D eigenvalue weighted by Crippen LogP contribution is 2.21. The summed E-state index contributed by atoms with van der Waals surface area (Å²) in [6.07, 6.45) is 0. The molecule has 0 radical (unpaired) electrons. The number of hydrogen-bond donors (Lipinski definition) is 2. The fourth-order valence-corrected chi connectivity index (χ4v) is 2.78. The molecular weight excluding hydrogens is 290 g/mol. The van der Waals surface area contributed by atoms with Crippen LogP contribution in [0.1, 0.15) is 5.56 Å². The smallest absolute Gasteiger partial charge is 0.321 e. The number of aryl methyl sites for hydroxylation is 1. The van der Waals surface area contributed by atoms with E-state index in [2.05, 4.69) is 10.2 Å². The molecule has 0 aromatic heterocycles. The average Bonchev–Trinajstić information content (AvgIpc) is 2.55. The second-order valence-corrected chi connectivity index (χ2v) is 5.79. The SMILES string of the molecule is Cc1cccc(NC(=O)N2CCN(c3cccc(O)c3)CC2)c1. The summed E-state index contributed by atoms with van der Waals surface area (Å²) in [5.41, 5.74) is 2.94. The van der Waals surface area contributed by atoms with Gasteiger partial charge in [0.1, 0.15) is 5.75 Å². The van der Waals surface area contributed by atoms with Gasteiger partial charge in [0.15, 0.2) is 0 Å². The highest BCUT2D eigenvalue weighted by molar-refractivity contribution is 5.89. The van der Waals surface area contributed by atoms with Crippen molar-refractivity contribution in [3.8, 4) is 5.75 Å². The van der Waals surface area contributed by atoms with Crippen molar-refractivity contribution in [3.63, 3.8) is 0 Å². The van der Waals surface area contributed by atoms with Gasteiger partial charge in [0.25, 0.3) is 0 Å². The van der Waals surface area contributed by atoms with Gasteiger partial charge in [-0.2, -0.15) is 0 Å². The van der Waals surface area contributed by atoms with Crippen LogP contribution in [-0.2, 0) is 0 Å². The third kappa shape index (κ3) is 3.74. The van der Waals surface area contributed by atoms with Gasteiger partial charge in [0.2, 0.25) is 0 Å². The fraction of sp³-hybridized carbons (Fsp3) is 0.278. The largest absolute Gasteiger partial charge is 0.508 e. The minimum absolute atomic E-state index is 0.0637. The summed E-state index contributed by atoms with van der Waals surface area (Å²) in [5, 5.41) is 12.5. The van der Waals surface area contributed by atoms with E-state index in [4.69, 9.17) is 0 Å². The second kappa shape index (κ2) is 6.60. The van der Waals surface area contributed by atoms with Crippen molar-refractivity contribution in [2.24, 2.45) is 0 Å². The number of benzene rings is 2.